The van der Waals surface area contributed by atoms with Crippen molar-refractivity contribution in [1.82, 2.24) is 20.5 Å². The zero-order valence-corrected chi connectivity index (χ0v) is 11.6. The molecule has 10 nitrogen and oxygen atoms in total. The van der Waals surface area contributed by atoms with Gasteiger partial charge in [-0.1, -0.05) is 0 Å². The summed E-state index contributed by atoms with van der Waals surface area (Å²) in [5.41, 5.74) is 6.14. The van der Waals surface area contributed by atoms with Gasteiger partial charge in [-0.2, -0.15) is 5.10 Å². The third-order valence-corrected chi connectivity index (χ3v) is 2.60. The highest BCUT2D eigenvalue weighted by Crippen LogP contribution is 2.03. The van der Waals surface area contributed by atoms with Crippen molar-refractivity contribution >= 4 is 23.9 Å². The lowest BCUT2D eigenvalue weighted by molar-refractivity contribution is -0.139. The summed E-state index contributed by atoms with van der Waals surface area (Å²) in [7, 11) is 0. The molecule has 114 valence electrons. The van der Waals surface area contributed by atoms with Crippen LogP contribution in [0.5, 0.6) is 0 Å². The number of anilines is 1. The number of urea groups is 1. The molecule has 0 aliphatic rings. The predicted molar refractivity (Wildman–Crippen MR) is 71.3 cm³/mol. The van der Waals surface area contributed by atoms with Gasteiger partial charge in [0.2, 0.25) is 5.91 Å². The number of nitrogens with one attached hydrogen (secondary N) is 2. The number of rotatable bonds is 6. The molecular formula is C11H16N6O4. The minimum atomic E-state index is -1.27. The average molecular weight is 296 g/mol. The molecule has 0 saturated heterocycles. The maximum absolute atomic E-state index is 11.7. The van der Waals surface area contributed by atoms with E-state index in [9.17, 15) is 14.4 Å². The quantitative estimate of drug-likeness (QED) is 0.541. The zero-order valence-electron chi connectivity index (χ0n) is 11.6. The highest BCUT2D eigenvalue weighted by molar-refractivity contribution is 5.91. The number of hydrogen-bond acceptors (Lipinski definition) is 6. The summed E-state index contributed by atoms with van der Waals surface area (Å²) in [6.07, 6.45) is -0.261. The molecule has 1 atom stereocenters. The molecule has 0 unspecified atom stereocenters. The Kier molecular flexibility index (Phi) is 5.52. The molecule has 0 radical (unpaired) electrons. The van der Waals surface area contributed by atoms with Crippen LogP contribution in [0.15, 0.2) is 0 Å². The van der Waals surface area contributed by atoms with Crippen LogP contribution in [-0.2, 0) is 9.59 Å². The van der Waals surface area contributed by atoms with Crippen LogP contribution in [0.4, 0.5) is 10.7 Å². The second-order valence-electron chi connectivity index (χ2n) is 4.30. The molecule has 0 spiro atoms. The molecule has 1 aromatic rings. The molecule has 5 N–H and O–H groups in total. The lowest BCUT2D eigenvalue weighted by Crippen LogP contribution is -2.43. The molecule has 21 heavy (non-hydrogen) atoms. The summed E-state index contributed by atoms with van der Waals surface area (Å²) in [5, 5.41) is 20.8. The number of carbonyl (C=O) groups is 3. The number of nitrogens with zero attached hydrogens (tertiary/aromatic N) is 3. The Morgan fingerprint density at radius 2 is 1.90 bits per heavy atom. The van der Waals surface area contributed by atoms with Gasteiger partial charge in [-0.05, 0) is 20.3 Å². The van der Waals surface area contributed by atoms with E-state index in [0.717, 1.165) is 0 Å². The summed E-state index contributed by atoms with van der Waals surface area (Å²) >= 11 is 0. The fourth-order valence-electron chi connectivity index (χ4n) is 1.35. The summed E-state index contributed by atoms with van der Waals surface area (Å²) < 4.78 is 0. The van der Waals surface area contributed by atoms with Gasteiger partial charge in [0.1, 0.15) is 6.04 Å². The second-order valence-corrected chi connectivity index (χ2v) is 4.30. The Hall–Kier alpha value is -2.78. The normalized spacial score (nSPS) is 11.5. The first-order valence-corrected chi connectivity index (χ1v) is 6.06. The smallest absolute Gasteiger partial charge is 0.326 e. The van der Waals surface area contributed by atoms with Crippen molar-refractivity contribution in [1.29, 1.82) is 0 Å². The van der Waals surface area contributed by atoms with Gasteiger partial charge in [0.15, 0.2) is 0 Å². The number of hydrogen-bond donors (Lipinski definition) is 4. The molecule has 0 bridgehead atoms. The van der Waals surface area contributed by atoms with Gasteiger partial charge in [-0.15, -0.1) is 5.10 Å². The van der Waals surface area contributed by atoms with Gasteiger partial charge in [-0.25, -0.2) is 14.6 Å². The van der Waals surface area contributed by atoms with Crippen molar-refractivity contribution in [3.8, 4) is 0 Å². The maximum Gasteiger partial charge on any atom is 0.326 e. The molecule has 0 aliphatic carbocycles. The van der Waals surface area contributed by atoms with E-state index >= 15 is 0 Å². The monoisotopic (exact) mass is 296 g/mol. The van der Waals surface area contributed by atoms with Gasteiger partial charge < -0.3 is 16.2 Å². The minimum absolute atomic E-state index is 0.0466. The van der Waals surface area contributed by atoms with Crippen LogP contribution in [0.25, 0.3) is 0 Å². The molecule has 1 aromatic heterocycles. The van der Waals surface area contributed by atoms with Crippen molar-refractivity contribution in [2.24, 2.45) is 5.73 Å². The summed E-state index contributed by atoms with van der Waals surface area (Å²) in [6, 6.07) is -2.05. The SMILES string of the molecule is Cc1nnc(NC(=O)N[C@@H](CCC(N)=O)C(=O)O)nc1C. The van der Waals surface area contributed by atoms with Crippen molar-refractivity contribution in [2.45, 2.75) is 32.7 Å². The van der Waals surface area contributed by atoms with E-state index in [0.29, 0.717) is 11.4 Å². The number of primary amides is 1. The first-order valence-electron chi connectivity index (χ1n) is 6.06. The summed E-state index contributed by atoms with van der Waals surface area (Å²) in [5.74, 6) is -1.97. The van der Waals surface area contributed by atoms with Crippen molar-refractivity contribution in [3.63, 3.8) is 0 Å². The fraction of sp³-hybridized carbons (Fsp3) is 0.455. The highest BCUT2D eigenvalue weighted by Gasteiger charge is 2.21. The topological polar surface area (TPSA) is 160 Å². The maximum atomic E-state index is 11.7. The van der Waals surface area contributed by atoms with E-state index in [2.05, 4.69) is 25.8 Å². The van der Waals surface area contributed by atoms with E-state index in [1.54, 1.807) is 13.8 Å². The Balaban J connectivity index is 2.62. The first kappa shape index (κ1) is 16.3. The molecule has 1 heterocycles. The number of aromatic nitrogens is 3. The number of carboxylic acids is 1. The molecule has 3 amide bonds. The van der Waals surface area contributed by atoms with Gasteiger partial charge in [-0.3, -0.25) is 10.1 Å². The van der Waals surface area contributed by atoms with Crippen LogP contribution in [0, 0.1) is 13.8 Å². The molecule has 1 rings (SSSR count). The highest BCUT2D eigenvalue weighted by atomic mass is 16.4. The van der Waals surface area contributed by atoms with Crippen LogP contribution in [0.3, 0.4) is 0 Å². The molecule has 0 saturated carbocycles. The van der Waals surface area contributed by atoms with Crippen LogP contribution in [0.1, 0.15) is 24.2 Å². The first-order chi connectivity index (χ1) is 9.79. The second kappa shape index (κ2) is 7.12. The van der Waals surface area contributed by atoms with Gasteiger partial charge in [0, 0.05) is 6.42 Å². The van der Waals surface area contributed by atoms with Crippen LogP contribution < -0.4 is 16.4 Å². The van der Waals surface area contributed by atoms with Crippen molar-refractivity contribution in [3.05, 3.63) is 11.4 Å². The lowest BCUT2D eigenvalue weighted by Gasteiger charge is -2.13. The van der Waals surface area contributed by atoms with Crippen LogP contribution >= 0.6 is 0 Å². The minimum Gasteiger partial charge on any atom is -0.480 e. The summed E-state index contributed by atoms with van der Waals surface area (Å²) in [4.78, 5) is 37.2. The van der Waals surface area contributed by atoms with E-state index in [1.807, 2.05) is 0 Å². The van der Waals surface area contributed by atoms with E-state index in [1.165, 1.54) is 0 Å². The van der Waals surface area contributed by atoms with Crippen LogP contribution in [0.2, 0.25) is 0 Å². The average Bonchev–Trinajstić information content (AvgIpc) is 2.38. The van der Waals surface area contributed by atoms with E-state index < -0.39 is 23.9 Å². The standard InChI is InChI=1S/C11H16N6O4/c1-5-6(2)16-17-10(13-5)15-11(21)14-7(9(19)20)3-4-8(12)18/h7H,3-4H2,1-2H3,(H2,12,18)(H,19,20)(H2,13,14,15,17,21)/t7-/m0/s1. The molecule has 0 fully saturated rings. The molecule has 0 aliphatic heterocycles. The van der Waals surface area contributed by atoms with Gasteiger partial charge in [0.25, 0.3) is 5.95 Å². The fourth-order valence-corrected chi connectivity index (χ4v) is 1.35. The summed E-state index contributed by atoms with van der Waals surface area (Å²) in [6.45, 7) is 3.41. The molecule has 10 heteroatoms. The van der Waals surface area contributed by atoms with Crippen LogP contribution in [-0.4, -0.2) is 44.2 Å². The Labute approximate surface area is 120 Å². The number of aliphatic carboxylic acids is 1. The number of carboxylic acid groups (broad SMARTS) is 1. The predicted octanol–water partition coefficient (Wildman–Crippen LogP) is -0.671. The zero-order chi connectivity index (χ0) is 16.0. The molecular weight excluding hydrogens is 280 g/mol. The Morgan fingerprint density at radius 3 is 2.43 bits per heavy atom. The van der Waals surface area contributed by atoms with Gasteiger partial charge in [0.05, 0.1) is 11.4 Å². The van der Waals surface area contributed by atoms with E-state index in [-0.39, 0.29) is 18.8 Å². The number of amides is 3. The van der Waals surface area contributed by atoms with E-state index in [4.69, 9.17) is 10.8 Å². The third kappa shape index (κ3) is 5.38. The molecule has 0 aromatic carbocycles. The van der Waals surface area contributed by atoms with Crippen molar-refractivity contribution in [2.75, 3.05) is 5.32 Å². The number of nitrogens with two attached hydrogens (primary N) is 1. The number of carbonyl (C=O) groups excluding carboxylic acids is 2. The third-order valence-electron chi connectivity index (χ3n) is 2.60. The Bertz CT molecular complexity index is 562. The lowest BCUT2D eigenvalue weighted by atomic mass is 10.1. The number of aryl methyl sites for hydroxylation is 2. The largest absolute Gasteiger partial charge is 0.480 e. The Morgan fingerprint density at radius 1 is 1.24 bits per heavy atom. The van der Waals surface area contributed by atoms with Crippen molar-refractivity contribution < 1.29 is 19.5 Å². The van der Waals surface area contributed by atoms with Gasteiger partial charge >= 0.3 is 12.0 Å².